The van der Waals surface area contributed by atoms with E-state index >= 15 is 0 Å². The van der Waals surface area contributed by atoms with E-state index in [2.05, 4.69) is 26.1 Å². The van der Waals surface area contributed by atoms with Crippen molar-refractivity contribution in [3.8, 4) is 0 Å². The fraction of sp³-hybridized carbons (Fsp3) is 0.333. The maximum atomic E-state index is 12.9. The Morgan fingerprint density at radius 3 is 2.48 bits per heavy atom. The Balaban J connectivity index is 1.40. The zero-order chi connectivity index (χ0) is 20.4. The Labute approximate surface area is 179 Å². The van der Waals surface area contributed by atoms with Crippen LogP contribution in [0.2, 0.25) is 0 Å². The highest BCUT2D eigenvalue weighted by atomic mass is 79.9. The van der Waals surface area contributed by atoms with Crippen molar-refractivity contribution in [2.75, 3.05) is 13.1 Å². The molecule has 0 aliphatic carbocycles. The Bertz CT molecular complexity index is 1090. The van der Waals surface area contributed by atoms with Crippen LogP contribution in [0.3, 0.4) is 0 Å². The molecule has 1 aromatic heterocycles. The molecule has 1 fully saturated rings. The summed E-state index contributed by atoms with van der Waals surface area (Å²) in [6.45, 7) is 2.84. The molecule has 6 nitrogen and oxygen atoms in total. The number of aryl methyl sites for hydroxylation is 1. The van der Waals surface area contributed by atoms with Crippen LogP contribution < -0.4 is 0 Å². The van der Waals surface area contributed by atoms with Crippen LogP contribution in [-0.4, -0.2) is 36.0 Å². The Morgan fingerprint density at radius 1 is 1.10 bits per heavy atom. The first kappa shape index (κ1) is 20.3. The highest BCUT2D eigenvalue weighted by Gasteiger charge is 2.32. The van der Waals surface area contributed by atoms with Crippen LogP contribution in [0.25, 0.3) is 0 Å². The van der Waals surface area contributed by atoms with E-state index in [0.717, 1.165) is 15.6 Å². The predicted molar refractivity (Wildman–Crippen MR) is 113 cm³/mol. The van der Waals surface area contributed by atoms with Gasteiger partial charge in [-0.1, -0.05) is 57.0 Å². The van der Waals surface area contributed by atoms with Crippen LogP contribution >= 0.6 is 15.9 Å². The van der Waals surface area contributed by atoms with Gasteiger partial charge >= 0.3 is 0 Å². The number of aromatic nitrogens is 2. The van der Waals surface area contributed by atoms with Crippen LogP contribution in [0.4, 0.5) is 0 Å². The van der Waals surface area contributed by atoms with Gasteiger partial charge in [0.1, 0.15) is 0 Å². The second-order valence-electron chi connectivity index (χ2n) is 7.31. The lowest BCUT2D eigenvalue weighted by molar-refractivity contribution is 0.270. The summed E-state index contributed by atoms with van der Waals surface area (Å²) in [5.74, 6) is 1.32. The summed E-state index contributed by atoms with van der Waals surface area (Å²) >= 11 is 3.54. The molecule has 3 aromatic rings. The monoisotopic (exact) mass is 475 g/mol. The van der Waals surface area contributed by atoms with Crippen molar-refractivity contribution in [3.05, 3.63) is 75.8 Å². The van der Waals surface area contributed by atoms with Gasteiger partial charge in [-0.25, -0.2) is 8.42 Å². The molecule has 0 spiro atoms. The first-order chi connectivity index (χ1) is 13.9. The Hall–Kier alpha value is -2.03. The number of sulfonamides is 1. The summed E-state index contributed by atoms with van der Waals surface area (Å²) in [4.78, 5) is 4.90. The molecule has 0 N–H and O–H groups in total. The highest BCUT2D eigenvalue weighted by molar-refractivity contribution is 9.10. The first-order valence-corrected chi connectivity index (χ1v) is 11.8. The third-order valence-electron chi connectivity index (χ3n) is 5.25. The summed E-state index contributed by atoms with van der Waals surface area (Å²) in [5.41, 5.74) is 2.14. The van der Waals surface area contributed by atoms with Crippen LogP contribution in [0.15, 0.2) is 62.4 Å². The molecular weight excluding hydrogens is 454 g/mol. The molecule has 152 valence electrons. The maximum Gasteiger partial charge on any atom is 0.243 e. The summed E-state index contributed by atoms with van der Waals surface area (Å²) in [5, 5.41) is 4.11. The minimum absolute atomic E-state index is 0.0833. The Kier molecular flexibility index (Phi) is 5.85. The van der Waals surface area contributed by atoms with Gasteiger partial charge in [0.05, 0.1) is 4.90 Å². The van der Waals surface area contributed by atoms with Gasteiger partial charge in [-0.2, -0.15) is 9.29 Å². The van der Waals surface area contributed by atoms with Crippen LogP contribution in [-0.2, 0) is 16.4 Å². The number of nitrogens with zero attached hydrogens (tertiary/aromatic N) is 3. The number of hydrogen-bond acceptors (Lipinski definition) is 5. The molecule has 0 radical (unpaired) electrons. The van der Waals surface area contributed by atoms with Crippen LogP contribution in [0, 0.1) is 6.92 Å². The minimum Gasteiger partial charge on any atom is -0.339 e. The largest absolute Gasteiger partial charge is 0.339 e. The summed E-state index contributed by atoms with van der Waals surface area (Å²) in [6.07, 6.45) is 1.93. The molecule has 1 saturated heterocycles. The van der Waals surface area contributed by atoms with Gasteiger partial charge in [0.25, 0.3) is 0 Å². The van der Waals surface area contributed by atoms with E-state index in [4.69, 9.17) is 4.52 Å². The molecule has 0 unspecified atom stereocenters. The topological polar surface area (TPSA) is 76.3 Å². The summed E-state index contributed by atoms with van der Waals surface area (Å²) < 4.78 is 33.8. The summed E-state index contributed by atoms with van der Waals surface area (Å²) in [6, 6.07) is 14.9. The van der Waals surface area contributed by atoms with E-state index < -0.39 is 10.0 Å². The van der Waals surface area contributed by atoms with Crippen molar-refractivity contribution in [2.24, 2.45) is 0 Å². The fourth-order valence-corrected chi connectivity index (χ4v) is 5.41. The van der Waals surface area contributed by atoms with E-state index in [0.29, 0.717) is 49.0 Å². The molecule has 2 aromatic carbocycles. The quantitative estimate of drug-likeness (QED) is 0.549. The van der Waals surface area contributed by atoms with E-state index in [1.165, 1.54) is 0 Å². The third-order valence-corrected chi connectivity index (χ3v) is 7.94. The average Bonchev–Trinajstić information content (AvgIpc) is 3.19. The SMILES string of the molecule is Cc1ccc(S(=O)(=O)N2CCC(c3nc(Cc4ccccc4Br)no3)CC2)cc1. The molecule has 0 saturated carbocycles. The van der Waals surface area contributed by atoms with Gasteiger partial charge in [-0.15, -0.1) is 0 Å². The normalized spacial score (nSPS) is 16.2. The number of halogens is 1. The molecule has 0 amide bonds. The van der Waals surface area contributed by atoms with Gasteiger partial charge in [-0.05, 0) is 43.5 Å². The second-order valence-corrected chi connectivity index (χ2v) is 10.1. The zero-order valence-electron chi connectivity index (χ0n) is 16.1. The minimum atomic E-state index is -3.46. The van der Waals surface area contributed by atoms with Crippen molar-refractivity contribution < 1.29 is 12.9 Å². The molecule has 0 bridgehead atoms. The van der Waals surface area contributed by atoms with E-state index in [-0.39, 0.29) is 5.92 Å². The molecule has 1 aliphatic heterocycles. The van der Waals surface area contributed by atoms with E-state index in [1.54, 1.807) is 16.4 Å². The van der Waals surface area contributed by atoms with Gasteiger partial charge in [-0.3, -0.25) is 0 Å². The maximum absolute atomic E-state index is 12.9. The molecule has 1 aliphatic rings. The molecular formula is C21H22BrN3O3S. The lowest BCUT2D eigenvalue weighted by atomic mass is 9.98. The van der Waals surface area contributed by atoms with Gasteiger partial charge in [0, 0.05) is 29.9 Å². The standard InChI is InChI=1S/C21H22BrN3O3S/c1-15-6-8-18(9-7-15)29(26,27)25-12-10-16(11-13-25)21-23-20(24-28-21)14-17-4-2-3-5-19(17)22/h2-9,16H,10-14H2,1H3. The smallest absolute Gasteiger partial charge is 0.243 e. The van der Waals surface area contributed by atoms with Crippen LogP contribution in [0.1, 0.15) is 41.6 Å². The third kappa shape index (κ3) is 4.44. The molecule has 8 heteroatoms. The fourth-order valence-electron chi connectivity index (χ4n) is 3.52. The van der Waals surface area contributed by atoms with Crippen molar-refractivity contribution in [1.82, 2.24) is 14.4 Å². The average molecular weight is 476 g/mol. The van der Waals surface area contributed by atoms with Crippen molar-refractivity contribution in [3.63, 3.8) is 0 Å². The number of rotatable bonds is 5. The first-order valence-electron chi connectivity index (χ1n) is 9.56. The van der Waals surface area contributed by atoms with Gasteiger partial charge in [0.2, 0.25) is 15.9 Å². The lowest BCUT2D eigenvalue weighted by Gasteiger charge is -2.29. The Morgan fingerprint density at radius 2 is 1.79 bits per heavy atom. The van der Waals surface area contributed by atoms with Crippen LogP contribution in [0.5, 0.6) is 0 Å². The molecule has 29 heavy (non-hydrogen) atoms. The zero-order valence-corrected chi connectivity index (χ0v) is 18.5. The highest BCUT2D eigenvalue weighted by Crippen LogP contribution is 2.30. The number of piperidine rings is 1. The van der Waals surface area contributed by atoms with Crippen molar-refractivity contribution in [1.29, 1.82) is 0 Å². The molecule has 0 atom stereocenters. The summed E-state index contributed by atoms with van der Waals surface area (Å²) in [7, 11) is -3.46. The molecule has 4 rings (SSSR count). The molecule has 2 heterocycles. The van der Waals surface area contributed by atoms with Gasteiger partial charge < -0.3 is 4.52 Å². The lowest BCUT2D eigenvalue weighted by Crippen LogP contribution is -2.37. The number of hydrogen-bond donors (Lipinski definition) is 0. The van der Waals surface area contributed by atoms with Crippen molar-refractivity contribution >= 4 is 26.0 Å². The predicted octanol–water partition coefficient (Wildman–Crippen LogP) is 4.30. The van der Waals surface area contributed by atoms with Gasteiger partial charge in [0.15, 0.2) is 5.82 Å². The number of benzene rings is 2. The van der Waals surface area contributed by atoms with Crippen molar-refractivity contribution in [2.45, 2.75) is 37.0 Å². The second kappa shape index (κ2) is 8.38. The van der Waals surface area contributed by atoms with E-state index in [9.17, 15) is 8.42 Å². The van der Waals surface area contributed by atoms with E-state index in [1.807, 2.05) is 43.3 Å².